The van der Waals surface area contributed by atoms with Gasteiger partial charge in [0.15, 0.2) is 22.8 Å². The third-order valence-electron chi connectivity index (χ3n) is 7.64. The number of imidazole rings is 1. The molecule has 0 unspecified atom stereocenters. The predicted octanol–water partition coefficient (Wildman–Crippen LogP) is 5.80. The van der Waals surface area contributed by atoms with Crippen molar-refractivity contribution in [2.45, 2.75) is 26.2 Å². The number of aromatic nitrogens is 4. The Balaban J connectivity index is 1.23. The van der Waals surface area contributed by atoms with Gasteiger partial charge in [-0.3, -0.25) is 9.59 Å². The van der Waals surface area contributed by atoms with Crippen LogP contribution in [-0.4, -0.2) is 62.5 Å². The fourth-order valence-electron chi connectivity index (χ4n) is 5.07. The van der Waals surface area contributed by atoms with Crippen LogP contribution in [0.2, 0.25) is 0 Å². The highest BCUT2D eigenvalue weighted by atomic mass is 16.5. The Kier molecular flexibility index (Phi) is 7.84. The van der Waals surface area contributed by atoms with E-state index in [0.717, 1.165) is 11.3 Å². The molecule has 2 amide bonds. The predicted molar refractivity (Wildman–Crippen MR) is 171 cm³/mol. The number of hydrogen-bond acceptors (Lipinski definition) is 7. The molecule has 224 valence electrons. The first-order valence-electron chi connectivity index (χ1n) is 14.6. The Morgan fingerprint density at radius 2 is 1.57 bits per heavy atom. The lowest BCUT2D eigenvalue weighted by Gasteiger charge is -2.26. The maximum absolute atomic E-state index is 13.0. The van der Waals surface area contributed by atoms with Crippen LogP contribution in [0.5, 0.6) is 0 Å². The van der Waals surface area contributed by atoms with Gasteiger partial charge in [-0.2, -0.15) is 0 Å². The SMILES string of the molecule is Cn1cnc2c(Nc3ccc(C(=O)N4CCOCC4)cc3)nc(-c3cccc(NC(=O)c4ccc(C(C)(C)C)cc4)c3)nc21. The van der Waals surface area contributed by atoms with Gasteiger partial charge in [-0.1, -0.05) is 45.0 Å². The molecule has 10 nitrogen and oxygen atoms in total. The molecule has 1 aliphatic heterocycles. The molecule has 3 heterocycles. The quantitative estimate of drug-likeness (QED) is 0.257. The fourth-order valence-corrected chi connectivity index (χ4v) is 5.07. The summed E-state index contributed by atoms with van der Waals surface area (Å²) in [5.74, 6) is 0.813. The first-order chi connectivity index (χ1) is 21.2. The maximum atomic E-state index is 13.0. The monoisotopic (exact) mass is 589 g/mol. The number of carbonyl (C=O) groups is 2. The van der Waals surface area contributed by atoms with Gasteiger partial charge < -0.3 is 24.8 Å². The molecule has 5 aromatic rings. The molecule has 0 atom stereocenters. The van der Waals surface area contributed by atoms with Crippen molar-refractivity contribution in [3.05, 3.63) is 95.8 Å². The number of fused-ring (bicyclic) bond motifs is 1. The Morgan fingerprint density at radius 3 is 2.27 bits per heavy atom. The Hall–Kier alpha value is -5.09. The molecular formula is C34H35N7O3. The van der Waals surface area contributed by atoms with Crippen LogP contribution >= 0.6 is 0 Å². The third-order valence-corrected chi connectivity index (χ3v) is 7.64. The number of aryl methyl sites for hydroxylation is 1. The van der Waals surface area contributed by atoms with Crippen LogP contribution in [0.1, 0.15) is 47.1 Å². The molecule has 0 bridgehead atoms. The number of hydrogen-bond donors (Lipinski definition) is 2. The van der Waals surface area contributed by atoms with Crippen LogP contribution < -0.4 is 10.6 Å². The molecule has 2 N–H and O–H groups in total. The van der Waals surface area contributed by atoms with Crippen molar-refractivity contribution in [2.24, 2.45) is 7.05 Å². The lowest BCUT2D eigenvalue weighted by atomic mass is 9.87. The minimum absolute atomic E-state index is 0.00909. The summed E-state index contributed by atoms with van der Waals surface area (Å²) in [7, 11) is 1.88. The number of ether oxygens (including phenoxy) is 1. The molecule has 6 rings (SSSR count). The van der Waals surface area contributed by atoms with Crippen molar-refractivity contribution in [2.75, 3.05) is 36.9 Å². The second-order valence-corrected chi connectivity index (χ2v) is 11.9. The van der Waals surface area contributed by atoms with E-state index in [1.54, 1.807) is 23.4 Å². The van der Waals surface area contributed by atoms with Crippen LogP contribution in [0.4, 0.5) is 17.2 Å². The van der Waals surface area contributed by atoms with E-state index < -0.39 is 0 Å². The lowest BCUT2D eigenvalue weighted by Crippen LogP contribution is -2.40. The van der Waals surface area contributed by atoms with E-state index in [9.17, 15) is 9.59 Å². The zero-order valence-electron chi connectivity index (χ0n) is 25.3. The second-order valence-electron chi connectivity index (χ2n) is 11.9. The van der Waals surface area contributed by atoms with Crippen LogP contribution in [-0.2, 0) is 17.2 Å². The molecule has 0 aliphatic carbocycles. The lowest BCUT2D eigenvalue weighted by molar-refractivity contribution is 0.0303. The number of nitrogens with one attached hydrogen (secondary N) is 2. The standard InChI is InChI=1S/C34H35N7O3/c1-34(2,3)25-12-8-22(9-13-25)32(42)37-27-7-5-6-24(20-27)29-38-30(28-31(39-29)40(4)21-35-28)36-26-14-10-23(11-15-26)33(43)41-16-18-44-19-17-41/h5-15,20-21H,16-19H2,1-4H3,(H,37,42)(H,36,38,39). The topological polar surface area (TPSA) is 114 Å². The van der Waals surface area contributed by atoms with E-state index in [1.165, 1.54) is 5.56 Å². The molecule has 1 aliphatic rings. The summed E-state index contributed by atoms with van der Waals surface area (Å²) in [6.07, 6.45) is 1.69. The van der Waals surface area contributed by atoms with Gasteiger partial charge in [0.2, 0.25) is 0 Å². The molecule has 0 saturated carbocycles. The summed E-state index contributed by atoms with van der Waals surface area (Å²) < 4.78 is 7.20. The van der Waals surface area contributed by atoms with E-state index >= 15 is 0 Å². The Labute approximate surface area is 256 Å². The summed E-state index contributed by atoms with van der Waals surface area (Å²) in [5.41, 5.74) is 5.79. The maximum Gasteiger partial charge on any atom is 0.255 e. The average Bonchev–Trinajstić information content (AvgIpc) is 3.42. The van der Waals surface area contributed by atoms with Gasteiger partial charge >= 0.3 is 0 Å². The summed E-state index contributed by atoms with van der Waals surface area (Å²) in [6, 6.07) is 22.5. The molecule has 2 aromatic heterocycles. The first-order valence-corrected chi connectivity index (χ1v) is 14.6. The van der Waals surface area contributed by atoms with Crippen molar-refractivity contribution >= 4 is 40.2 Å². The molecule has 1 fully saturated rings. The van der Waals surface area contributed by atoms with E-state index in [1.807, 2.05) is 72.3 Å². The molecule has 44 heavy (non-hydrogen) atoms. The normalized spacial score (nSPS) is 13.6. The highest BCUT2D eigenvalue weighted by molar-refractivity contribution is 6.04. The zero-order chi connectivity index (χ0) is 30.8. The van der Waals surface area contributed by atoms with E-state index in [2.05, 4.69) is 36.4 Å². The van der Waals surface area contributed by atoms with Crippen molar-refractivity contribution in [1.29, 1.82) is 0 Å². The molecular weight excluding hydrogens is 554 g/mol. The highest BCUT2D eigenvalue weighted by Crippen LogP contribution is 2.28. The van der Waals surface area contributed by atoms with E-state index in [4.69, 9.17) is 14.7 Å². The smallest absolute Gasteiger partial charge is 0.255 e. The van der Waals surface area contributed by atoms with E-state index in [0.29, 0.717) is 65.9 Å². The summed E-state index contributed by atoms with van der Waals surface area (Å²) in [6.45, 7) is 8.73. The van der Waals surface area contributed by atoms with Gasteiger partial charge in [-0.05, 0) is 59.5 Å². The summed E-state index contributed by atoms with van der Waals surface area (Å²) >= 11 is 0. The summed E-state index contributed by atoms with van der Waals surface area (Å²) in [4.78, 5) is 41.8. The number of benzene rings is 3. The van der Waals surface area contributed by atoms with Gasteiger partial charge in [0.25, 0.3) is 11.8 Å². The number of nitrogens with zero attached hydrogens (tertiary/aromatic N) is 5. The van der Waals surface area contributed by atoms with Crippen molar-refractivity contribution in [3.8, 4) is 11.4 Å². The Bertz CT molecular complexity index is 1820. The van der Waals surface area contributed by atoms with Gasteiger partial charge in [0.05, 0.1) is 19.5 Å². The number of anilines is 3. The van der Waals surface area contributed by atoms with Crippen LogP contribution in [0, 0.1) is 0 Å². The highest BCUT2D eigenvalue weighted by Gasteiger charge is 2.19. The molecule has 3 aromatic carbocycles. The Morgan fingerprint density at radius 1 is 0.864 bits per heavy atom. The number of rotatable bonds is 6. The van der Waals surface area contributed by atoms with Crippen LogP contribution in [0.15, 0.2) is 79.1 Å². The minimum atomic E-state index is -0.191. The van der Waals surface area contributed by atoms with Gasteiger partial charge in [0.1, 0.15) is 0 Å². The molecule has 0 spiro atoms. The minimum Gasteiger partial charge on any atom is -0.378 e. The van der Waals surface area contributed by atoms with Gasteiger partial charge in [-0.15, -0.1) is 0 Å². The van der Waals surface area contributed by atoms with E-state index in [-0.39, 0.29) is 17.2 Å². The van der Waals surface area contributed by atoms with Crippen molar-refractivity contribution in [1.82, 2.24) is 24.4 Å². The van der Waals surface area contributed by atoms with Crippen molar-refractivity contribution < 1.29 is 14.3 Å². The fraction of sp³-hybridized carbons (Fsp3) is 0.265. The molecule has 10 heteroatoms. The molecule has 1 saturated heterocycles. The number of morpholine rings is 1. The zero-order valence-corrected chi connectivity index (χ0v) is 25.3. The second kappa shape index (κ2) is 11.9. The van der Waals surface area contributed by atoms with Crippen LogP contribution in [0.25, 0.3) is 22.6 Å². The first kappa shape index (κ1) is 29.0. The van der Waals surface area contributed by atoms with Gasteiger partial charge in [-0.25, -0.2) is 15.0 Å². The average molecular weight is 590 g/mol. The molecule has 0 radical (unpaired) electrons. The number of carbonyl (C=O) groups excluding carboxylic acids is 2. The van der Waals surface area contributed by atoms with Crippen LogP contribution in [0.3, 0.4) is 0 Å². The van der Waals surface area contributed by atoms with Crippen molar-refractivity contribution in [3.63, 3.8) is 0 Å². The van der Waals surface area contributed by atoms with Gasteiger partial charge in [0, 0.05) is 48.2 Å². The largest absolute Gasteiger partial charge is 0.378 e. The summed E-state index contributed by atoms with van der Waals surface area (Å²) in [5, 5.41) is 6.35. The third kappa shape index (κ3) is 6.16. The number of amides is 2.